The number of anilines is 1. The lowest BCUT2D eigenvalue weighted by molar-refractivity contribution is -0.384. The van der Waals surface area contributed by atoms with E-state index in [4.69, 9.17) is 5.73 Å². The lowest BCUT2D eigenvalue weighted by Crippen LogP contribution is -1.94. The molecule has 0 heterocycles. The van der Waals surface area contributed by atoms with Crippen molar-refractivity contribution in [1.82, 2.24) is 0 Å². The van der Waals surface area contributed by atoms with Crippen molar-refractivity contribution >= 4 is 11.4 Å². The Labute approximate surface area is 105 Å². The molecule has 92 valence electrons. The van der Waals surface area contributed by atoms with Crippen molar-refractivity contribution in [2.45, 2.75) is 12.8 Å². The summed E-state index contributed by atoms with van der Waals surface area (Å²) in [6, 6.07) is 14.4. The van der Waals surface area contributed by atoms with Gasteiger partial charge in [0.2, 0.25) is 0 Å². The third-order valence-electron chi connectivity index (χ3n) is 2.77. The lowest BCUT2D eigenvalue weighted by atomic mass is 10.0. The number of benzene rings is 2. The first-order valence-electron chi connectivity index (χ1n) is 5.73. The highest BCUT2D eigenvalue weighted by Gasteiger charge is 2.05. The van der Waals surface area contributed by atoms with Gasteiger partial charge in [-0.05, 0) is 36.1 Å². The average Bonchev–Trinajstić information content (AvgIpc) is 2.37. The van der Waals surface area contributed by atoms with Crippen LogP contribution in [0.4, 0.5) is 11.4 Å². The van der Waals surface area contributed by atoms with Crippen molar-refractivity contribution in [2.24, 2.45) is 0 Å². The highest BCUT2D eigenvalue weighted by molar-refractivity contribution is 5.41. The van der Waals surface area contributed by atoms with Gasteiger partial charge in [0.25, 0.3) is 5.69 Å². The maximum Gasteiger partial charge on any atom is 0.269 e. The number of hydrogen-bond donors (Lipinski definition) is 1. The van der Waals surface area contributed by atoms with E-state index in [1.807, 2.05) is 30.3 Å². The van der Waals surface area contributed by atoms with Gasteiger partial charge in [0, 0.05) is 17.8 Å². The molecule has 0 radical (unpaired) electrons. The third kappa shape index (κ3) is 3.07. The molecule has 2 rings (SSSR count). The molecule has 2 N–H and O–H groups in total. The number of hydrogen-bond acceptors (Lipinski definition) is 3. The molecule has 0 bridgehead atoms. The molecule has 0 saturated carbocycles. The zero-order valence-electron chi connectivity index (χ0n) is 9.87. The normalized spacial score (nSPS) is 10.2. The summed E-state index contributed by atoms with van der Waals surface area (Å²) in [7, 11) is 0. The van der Waals surface area contributed by atoms with Crippen LogP contribution >= 0.6 is 0 Å². The van der Waals surface area contributed by atoms with E-state index in [9.17, 15) is 10.1 Å². The second kappa shape index (κ2) is 5.31. The molecule has 4 nitrogen and oxygen atoms in total. The number of nitrogen functional groups attached to an aromatic ring is 1. The number of nitro groups is 1. The number of aryl methyl sites for hydroxylation is 2. The largest absolute Gasteiger partial charge is 0.399 e. The van der Waals surface area contributed by atoms with Gasteiger partial charge in [-0.2, -0.15) is 0 Å². The van der Waals surface area contributed by atoms with E-state index >= 15 is 0 Å². The SMILES string of the molecule is Nc1cccc(CCc2cccc([N+](=O)[O-])c2)c1. The van der Waals surface area contributed by atoms with Crippen LogP contribution in [-0.2, 0) is 12.8 Å². The topological polar surface area (TPSA) is 69.2 Å². The molecule has 0 aliphatic heterocycles. The summed E-state index contributed by atoms with van der Waals surface area (Å²) in [5, 5.41) is 10.7. The summed E-state index contributed by atoms with van der Waals surface area (Å²) in [6.45, 7) is 0. The fraction of sp³-hybridized carbons (Fsp3) is 0.143. The van der Waals surface area contributed by atoms with Crippen molar-refractivity contribution in [3.63, 3.8) is 0 Å². The Bertz CT molecular complexity index is 567. The average molecular weight is 242 g/mol. The molecule has 0 aliphatic carbocycles. The Hall–Kier alpha value is -2.36. The molecule has 2 aromatic carbocycles. The first-order chi connectivity index (χ1) is 8.65. The van der Waals surface area contributed by atoms with Crippen molar-refractivity contribution in [1.29, 1.82) is 0 Å². The highest BCUT2D eigenvalue weighted by Crippen LogP contribution is 2.15. The molecule has 0 unspecified atom stereocenters. The quantitative estimate of drug-likeness (QED) is 0.509. The van der Waals surface area contributed by atoms with Crippen molar-refractivity contribution in [3.8, 4) is 0 Å². The van der Waals surface area contributed by atoms with E-state index in [-0.39, 0.29) is 10.6 Å². The molecule has 0 amide bonds. The molecule has 0 saturated heterocycles. The highest BCUT2D eigenvalue weighted by atomic mass is 16.6. The predicted molar refractivity (Wildman–Crippen MR) is 71.4 cm³/mol. The smallest absolute Gasteiger partial charge is 0.269 e. The summed E-state index contributed by atoms with van der Waals surface area (Å²) in [5.74, 6) is 0. The van der Waals surface area contributed by atoms with Gasteiger partial charge < -0.3 is 5.73 Å². The Kier molecular flexibility index (Phi) is 3.57. The van der Waals surface area contributed by atoms with Crippen molar-refractivity contribution < 1.29 is 4.92 Å². The lowest BCUT2D eigenvalue weighted by Gasteiger charge is -2.03. The Balaban J connectivity index is 2.06. The summed E-state index contributed by atoms with van der Waals surface area (Å²) in [5.41, 5.74) is 8.69. The Morgan fingerprint density at radius 2 is 1.61 bits per heavy atom. The first-order valence-corrected chi connectivity index (χ1v) is 5.73. The summed E-state index contributed by atoms with van der Waals surface area (Å²) in [4.78, 5) is 10.3. The van der Waals surface area contributed by atoms with E-state index in [0.29, 0.717) is 0 Å². The number of nitro benzene ring substituents is 1. The summed E-state index contributed by atoms with van der Waals surface area (Å²) in [6.07, 6.45) is 1.59. The predicted octanol–water partition coefficient (Wildman–Crippen LogP) is 2.96. The van der Waals surface area contributed by atoms with Gasteiger partial charge in [-0.1, -0.05) is 24.3 Å². The molecule has 0 spiro atoms. The minimum atomic E-state index is -0.371. The fourth-order valence-corrected chi connectivity index (χ4v) is 1.86. The van der Waals surface area contributed by atoms with Gasteiger partial charge in [0.05, 0.1) is 4.92 Å². The van der Waals surface area contributed by atoms with Crippen LogP contribution in [0.1, 0.15) is 11.1 Å². The van der Waals surface area contributed by atoms with Gasteiger partial charge in [-0.25, -0.2) is 0 Å². The molecule has 0 atom stereocenters. The van der Waals surface area contributed by atoms with Gasteiger partial charge in [0.1, 0.15) is 0 Å². The van der Waals surface area contributed by atoms with Crippen LogP contribution in [0.3, 0.4) is 0 Å². The zero-order valence-corrected chi connectivity index (χ0v) is 9.87. The third-order valence-corrected chi connectivity index (χ3v) is 2.77. The van der Waals surface area contributed by atoms with E-state index in [1.165, 1.54) is 6.07 Å². The van der Waals surface area contributed by atoms with Gasteiger partial charge in [-0.3, -0.25) is 10.1 Å². The monoisotopic (exact) mass is 242 g/mol. The fourth-order valence-electron chi connectivity index (χ4n) is 1.86. The van der Waals surface area contributed by atoms with Crippen LogP contribution in [0, 0.1) is 10.1 Å². The molecule has 4 heteroatoms. The summed E-state index contributed by atoms with van der Waals surface area (Å²) < 4.78 is 0. The van der Waals surface area contributed by atoms with E-state index in [1.54, 1.807) is 12.1 Å². The van der Waals surface area contributed by atoms with Crippen molar-refractivity contribution in [2.75, 3.05) is 5.73 Å². The van der Waals surface area contributed by atoms with E-state index in [2.05, 4.69) is 0 Å². The second-order valence-corrected chi connectivity index (χ2v) is 4.17. The van der Waals surface area contributed by atoms with Gasteiger partial charge >= 0.3 is 0 Å². The maximum atomic E-state index is 10.7. The Morgan fingerprint density at radius 3 is 2.22 bits per heavy atom. The van der Waals surface area contributed by atoms with Crippen molar-refractivity contribution in [3.05, 3.63) is 69.8 Å². The van der Waals surface area contributed by atoms with Crippen LogP contribution in [0.15, 0.2) is 48.5 Å². The van der Waals surface area contributed by atoms with Crippen LogP contribution in [0.5, 0.6) is 0 Å². The van der Waals surface area contributed by atoms with Crippen LogP contribution in [0.25, 0.3) is 0 Å². The standard InChI is InChI=1S/C14H14N2O2/c15-13-5-1-3-11(9-13)7-8-12-4-2-6-14(10-12)16(17)18/h1-6,9-10H,7-8,15H2. The molecule has 0 aromatic heterocycles. The second-order valence-electron chi connectivity index (χ2n) is 4.17. The van der Waals surface area contributed by atoms with E-state index < -0.39 is 0 Å². The zero-order chi connectivity index (χ0) is 13.0. The number of nitrogens with two attached hydrogens (primary N) is 1. The van der Waals surface area contributed by atoms with Crippen LogP contribution < -0.4 is 5.73 Å². The summed E-state index contributed by atoms with van der Waals surface area (Å²) >= 11 is 0. The minimum absolute atomic E-state index is 0.139. The van der Waals surface area contributed by atoms with Gasteiger partial charge in [0.15, 0.2) is 0 Å². The first kappa shape index (κ1) is 12.1. The number of non-ortho nitro benzene ring substituents is 1. The molecule has 0 fully saturated rings. The molecular formula is C14H14N2O2. The number of rotatable bonds is 4. The maximum absolute atomic E-state index is 10.7. The molecule has 0 aliphatic rings. The van der Waals surface area contributed by atoms with Crippen LogP contribution in [0.2, 0.25) is 0 Å². The van der Waals surface area contributed by atoms with Gasteiger partial charge in [-0.15, -0.1) is 0 Å². The van der Waals surface area contributed by atoms with E-state index in [0.717, 1.165) is 29.7 Å². The number of nitrogens with zero attached hydrogens (tertiary/aromatic N) is 1. The van der Waals surface area contributed by atoms with Crippen LogP contribution in [-0.4, -0.2) is 4.92 Å². The molecule has 2 aromatic rings. The Morgan fingerprint density at radius 1 is 1.00 bits per heavy atom. The molecule has 18 heavy (non-hydrogen) atoms. The molecular weight excluding hydrogens is 228 g/mol. The minimum Gasteiger partial charge on any atom is -0.399 e.